The van der Waals surface area contributed by atoms with Crippen molar-refractivity contribution in [2.24, 2.45) is 7.05 Å². The van der Waals surface area contributed by atoms with Crippen LogP contribution in [0.3, 0.4) is 0 Å². The second-order valence-corrected chi connectivity index (χ2v) is 8.99. The minimum Gasteiger partial charge on any atom is -0.376 e. The maximum Gasteiger partial charge on any atom is 0.191 e. The zero-order valence-corrected chi connectivity index (χ0v) is 19.0. The molecule has 1 atom stereocenters. The number of aromatic nitrogens is 4. The lowest BCUT2D eigenvalue weighted by molar-refractivity contribution is 0.0957. The topological polar surface area (TPSA) is 61.9 Å². The number of benzene rings is 1. The van der Waals surface area contributed by atoms with E-state index >= 15 is 0 Å². The highest BCUT2D eigenvalue weighted by molar-refractivity contribution is 7.99. The first kappa shape index (κ1) is 21.2. The molecule has 0 amide bonds. The van der Waals surface area contributed by atoms with Crippen LogP contribution in [-0.4, -0.2) is 43.6 Å². The number of rotatable bonds is 7. The van der Waals surface area contributed by atoms with Gasteiger partial charge in [0.05, 0.1) is 11.9 Å². The van der Waals surface area contributed by atoms with Gasteiger partial charge < -0.3 is 13.9 Å². The summed E-state index contributed by atoms with van der Waals surface area (Å²) in [6.45, 7) is 5.71. The highest BCUT2D eigenvalue weighted by Gasteiger charge is 2.22. The second kappa shape index (κ2) is 8.96. The average molecular weight is 445 g/mol. The van der Waals surface area contributed by atoms with E-state index in [0.29, 0.717) is 15.9 Å². The Kier molecular flexibility index (Phi) is 6.32. The number of hydrogen-bond donors (Lipinski definition) is 0. The number of thioether (sulfide) groups is 1. The third-order valence-electron chi connectivity index (χ3n) is 5.55. The van der Waals surface area contributed by atoms with Gasteiger partial charge in [-0.3, -0.25) is 4.79 Å². The highest BCUT2D eigenvalue weighted by Crippen LogP contribution is 2.26. The summed E-state index contributed by atoms with van der Waals surface area (Å²) in [6.07, 6.45) is 2.44. The van der Waals surface area contributed by atoms with E-state index in [1.54, 1.807) is 0 Å². The molecule has 0 saturated carbocycles. The van der Waals surface area contributed by atoms with Gasteiger partial charge in [0.1, 0.15) is 0 Å². The Balaban J connectivity index is 1.44. The van der Waals surface area contributed by atoms with Crippen LogP contribution in [0, 0.1) is 13.8 Å². The van der Waals surface area contributed by atoms with Crippen molar-refractivity contribution in [2.45, 2.75) is 44.5 Å². The van der Waals surface area contributed by atoms with E-state index in [1.165, 1.54) is 11.8 Å². The number of carbonyl (C=O) groups excluding carboxylic acids is 1. The molecule has 0 spiro atoms. The molecule has 1 aromatic carbocycles. The molecule has 0 radical (unpaired) electrons. The predicted molar refractivity (Wildman–Crippen MR) is 119 cm³/mol. The third-order valence-corrected chi connectivity index (χ3v) is 6.83. The Morgan fingerprint density at radius 3 is 2.73 bits per heavy atom. The maximum atomic E-state index is 12.9. The lowest BCUT2D eigenvalue weighted by atomic mass is 10.2. The summed E-state index contributed by atoms with van der Waals surface area (Å²) in [4.78, 5) is 12.9. The van der Waals surface area contributed by atoms with E-state index in [0.717, 1.165) is 54.3 Å². The first-order valence-corrected chi connectivity index (χ1v) is 11.4. The zero-order valence-electron chi connectivity index (χ0n) is 17.4. The highest BCUT2D eigenvalue weighted by atomic mass is 35.5. The Morgan fingerprint density at radius 2 is 2.03 bits per heavy atom. The summed E-state index contributed by atoms with van der Waals surface area (Å²) < 4.78 is 9.87. The molecule has 1 aliphatic rings. The van der Waals surface area contributed by atoms with Crippen LogP contribution in [0.2, 0.25) is 5.02 Å². The van der Waals surface area contributed by atoms with E-state index in [2.05, 4.69) is 14.8 Å². The molecular formula is C22H25ClN4O2S. The molecule has 4 rings (SSSR count). The van der Waals surface area contributed by atoms with Crippen molar-refractivity contribution >= 4 is 29.1 Å². The largest absolute Gasteiger partial charge is 0.376 e. The summed E-state index contributed by atoms with van der Waals surface area (Å²) >= 11 is 7.37. The van der Waals surface area contributed by atoms with Gasteiger partial charge in [-0.05, 0) is 57.0 Å². The number of Topliss-reactive ketones (excluding diaryl/α,β-unsaturated/α-hetero) is 1. The predicted octanol–water partition coefficient (Wildman–Crippen LogP) is 4.71. The Hall–Kier alpha value is -2.09. The molecule has 8 heteroatoms. The Bertz CT molecular complexity index is 1050. The summed E-state index contributed by atoms with van der Waals surface area (Å²) in [6, 6.07) is 9.47. The SMILES string of the molecule is Cc1cc(C(=O)CSc2nnc(-c3ccc(Cl)cc3)n2C)c(C)n1C[C@@H]1CCCO1. The van der Waals surface area contributed by atoms with Crippen LogP contribution in [0.4, 0.5) is 0 Å². The smallest absolute Gasteiger partial charge is 0.191 e. The summed E-state index contributed by atoms with van der Waals surface area (Å²) in [7, 11) is 1.91. The first-order valence-electron chi connectivity index (χ1n) is 10.0. The lowest BCUT2D eigenvalue weighted by Gasteiger charge is -2.14. The molecule has 0 aliphatic carbocycles. The standard InChI is InChI=1S/C22H25ClN4O2S/c1-14-11-19(15(2)27(14)12-18-5-4-10-29-18)20(28)13-30-22-25-24-21(26(22)3)16-6-8-17(23)9-7-16/h6-9,11,18H,4-5,10,12-13H2,1-3H3/t18-/m0/s1. The van der Waals surface area contributed by atoms with Gasteiger partial charge in [-0.1, -0.05) is 23.4 Å². The van der Waals surface area contributed by atoms with Gasteiger partial charge >= 0.3 is 0 Å². The van der Waals surface area contributed by atoms with Crippen molar-refractivity contribution in [3.63, 3.8) is 0 Å². The van der Waals surface area contributed by atoms with Crippen LogP contribution in [0.1, 0.15) is 34.6 Å². The minimum absolute atomic E-state index is 0.0998. The molecule has 1 saturated heterocycles. The normalized spacial score (nSPS) is 16.3. The first-order chi connectivity index (χ1) is 14.4. The van der Waals surface area contributed by atoms with E-state index < -0.39 is 0 Å². The molecule has 1 aliphatic heterocycles. The molecule has 158 valence electrons. The Morgan fingerprint density at radius 1 is 1.27 bits per heavy atom. The van der Waals surface area contributed by atoms with Crippen molar-refractivity contribution in [3.05, 3.63) is 52.3 Å². The van der Waals surface area contributed by atoms with Crippen LogP contribution in [0.15, 0.2) is 35.5 Å². The number of ketones is 1. The van der Waals surface area contributed by atoms with Gasteiger partial charge in [0.15, 0.2) is 16.8 Å². The molecule has 30 heavy (non-hydrogen) atoms. The molecule has 0 bridgehead atoms. The van der Waals surface area contributed by atoms with Crippen molar-refractivity contribution in [1.29, 1.82) is 0 Å². The number of ether oxygens (including phenoxy) is 1. The fourth-order valence-electron chi connectivity index (χ4n) is 3.86. The molecular weight excluding hydrogens is 420 g/mol. The second-order valence-electron chi connectivity index (χ2n) is 7.61. The Labute approximate surface area is 185 Å². The van der Waals surface area contributed by atoms with Gasteiger partial charge in [-0.15, -0.1) is 10.2 Å². The quantitative estimate of drug-likeness (QED) is 0.390. The van der Waals surface area contributed by atoms with Gasteiger partial charge in [-0.2, -0.15) is 0 Å². The fourth-order valence-corrected chi connectivity index (χ4v) is 4.78. The molecule has 2 aromatic heterocycles. The maximum absolute atomic E-state index is 12.9. The van der Waals surface area contributed by atoms with E-state index in [1.807, 2.05) is 55.8 Å². The number of carbonyl (C=O) groups is 1. The molecule has 3 heterocycles. The molecule has 0 unspecified atom stereocenters. The van der Waals surface area contributed by atoms with Gasteiger partial charge in [0.2, 0.25) is 0 Å². The molecule has 3 aromatic rings. The summed E-state index contributed by atoms with van der Waals surface area (Å²) in [5.41, 5.74) is 3.82. The minimum atomic E-state index is 0.0998. The van der Waals surface area contributed by atoms with Gasteiger partial charge in [0.25, 0.3) is 0 Å². The van der Waals surface area contributed by atoms with E-state index in [4.69, 9.17) is 16.3 Å². The monoisotopic (exact) mass is 444 g/mol. The molecule has 0 N–H and O–H groups in total. The average Bonchev–Trinajstić information content (AvgIpc) is 3.44. The number of halogens is 1. The van der Waals surface area contributed by atoms with Crippen LogP contribution in [-0.2, 0) is 18.3 Å². The lowest BCUT2D eigenvalue weighted by Crippen LogP contribution is -2.17. The van der Waals surface area contributed by atoms with E-state index in [-0.39, 0.29) is 11.9 Å². The summed E-state index contributed by atoms with van der Waals surface area (Å²) in [5.74, 6) is 1.16. The zero-order chi connectivity index (χ0) is 21.3. The molecule has 1 fully saturated rings. The number of nitrogens with zero attached hydrogens (tertiary/aromatic N) is 4. The third kappa shape index (κ3) is 4.33. The van der Waals surface area contributed by atoms with Gasteiger partial charge in [-0.25, -0.2) is 0 Å². The number of hydrogen-bond acceptors (Lipinski definition) is 5. The number of aryl methyl sites for hydroxylation is 1. The van der Waals surface area contributed by atoms with Crippen molar-refractivity contribution < 1.29 is 9.53 Å². The van der Waals surface area contributed by atoms with Crippen molar-refractivity contribution in [2.75, 3.05) is 12.4 Å². The van der Waals surface area contributed by atoms with Crippen LogP contribution >= 0.6 is 23.4 Å². The van der Waals surface area contributed by atoms with E-state index in [9.17, 15) is 4.79 Å². The van der Waals surface area contributed by atoms with Crippen LogP contribution < -0.4 is 0 Å². The fraction of sp³-hybridized carbons (Fsp3) is 0.409. The van der Waals surface area contributed by atoms with Crippen LogP contribution in [0.5, 0.6) is 0 Å². The van der Waals surface area contributed by atoms with Gasteiger partial charge in [0, 0.05) is 47.7 Å². The molecule has 6 nitrogen and oxygen atoms in total. The summed E-state index contributed by atoms with van der Waals surface area (Å²) in [5, 5.41) is 9.93. The van der Waals surface area contributed by atoms with Crippen LogP contribution in [0.25, 0.3) is 11.4 Å². The van der Waals surface area contributed by atoms with Crippen molar-refractivity contribution in [3.8, 4) is 11.4 Å². The van der Waals surface area contributed by atoms with Crippen molar-refractivity contribution in [1.82, 2.24) is 19.3 Å².